The van der Waals surface area contributed by atoms with Gasteiger partial charge in [-0.15, -0.1) is 11.8 Å². The van der Waals surface area contributed by atoms with E-state index in [0.29, 0.717) is 11.5 Å². The summed E-state index contributed by atoms with van der Waals surface area (Å²) in [5, 5.41) is 2.85. The normalized spacial score (nSPS) is 15.5. The molecule has 4 nitrogen and oxygen atoms in total. The average molecular weight is 293 g/mol. The van der Waals surface area contributed by atoms with Crippen molar-refractivity contribution in [1.29, 1.82) is 0 Å². The predicted octanol–water partition coefficient (Wildman–Crippen LogP) is 2.48. The lowest BCUT2D eigenvalue weighted by Crippen LogP contribution is -2.37. The molecule has 108 valence electrons. The number of benzene rings is 1. The lowest BCUT2D eigenvalue weighted by Gasteiger charge is -2.12. The van der Waals surface area contributed by atoms with Gasteiger partial charge in [-0.2, -0.15) is 0 Å². The number of amides is 1. The smallest absolute Gasteiger partial charge is 0.338 e. The number of rotatable bonds is 6. The molecular weight excluding hydrogens is 274 g/mol. The van der Waals surface area contributed by atoms with Gasteiger partial charge in [0.1, 0.15) is 0 Å². The maximum atomic E-state index is 11.8. The second kappa shape index (κ2) is 6.79. The molecule has 1 aromatic carbocycles. The largest absolute Gasteiger partial charge is 0.452 e. The van der Waals surface area contributed by atoms with E-state index >= 15 is 0 Å². The van der Waals surface area contributed by atoms with E-state index in [1.165, 1.54) is 12.8 Å². The molecule has 5 heteroatoms. The van der Waals surface area contributed by atoms with Crippen molar-refractivity contribution < 1.29 is 14.3 Å². The minimum Gasteiger partial charge on any atom is -0.452 e. The fraction of sp³-hybridized carbons (Fsp3) is 0.467. The molecule has 20 heavy (non-hydrogen) atoms. The Labute approximate surface area is 123 Å². The number of esters is 1. The highest BCUT2D eigenvalue weighted by atomic mass is 32.2. The fourth-order valence-electron chi connectivity index (χ4n) is 1.95. The Kier molecular flexibility index (Phi) is 5.06. The first-order chi connectivity index (χ1) is 9.60. The Hall–Kier alpha value is -1.49. The third-order valence-corrected chi connectivity index (χ3v) is 4.12. The van der Waals surface area contributed by atoms with Crippen molar-refractivity contribution in [2.75, 3.05) is 12.9 Å². The number of carbonyl (C=O) groups is 2. The van der Waals surface area contributed by atoms with E-state index in [9.17, 15) is 9.59 Å². The Morgan fingerprint density at radius 2 is 2.00 bits per heavy atom. The van der Waals surface area contributed by atoms with Crippen LogP contribution in [-0.2, 0) is 9.53 Å². The third-order valence-electron chi connectivity index (χ3n) is 3.38. The van der Waals surface area contributed by atoms with Crippen molar-refractivity contribution in [3.05, 3.63) is 29.8 Å². The monoisotopic (exact) mass is 293 g/mol. The van der Waals surface area contributed by atoms with Crippen LogP contribution in [0.2, 0.25) is 0 Å². The molecule has 2 rings (SSSR count). The summed E-state index contributed by atoms with van der Waals surface area (Å²) in [7, 11) is 0. The molecule has 1 fully saturated rings. The summed E-state index contributed by atoms with van der Waals surface area (Å²) in [5.41, 5.74) is 0.464. The van der Waals surface area contributed by atoms with Gasteiger partial charge in [-0.3, -0.25) is 4.79 Å². The first-order valence-corrected chi connectivity index (χ1v) is 7.93. The molecule has 0 saturated heterocycles. The molecule has 1 atom stereocenters. The quantitative estimate of drug-likeness (QED) is 0.646. The summed E-state index contributed by atoms with van der Waals surface area (Å²) >= 11 is 1.61. The Morgan fingerprint density at radius 1 is 1.35 bits per heavy atom. The Balaban J connectivity index is 1.77. The van der Waals surface area contributed by atoms with E-state index in [1.807, 2.05) is 25.3 Å². The van der Waals surface area contributed by atoms with Gasteiger partial charge in [0.2, 0.25) is 0 Å². The summed E-state index contributed by atoms with van der Waals surface area (Å²) in [6.07, 6.45) is 4.31. The van der Waals surface area contributed by atoms with Crippen LogP contribution in [-0.4, -0.2) is 30.8 Å². The van der Waals surface area contributed by atoms with Gasteiger partial charge in [0.25, 0.3) is 5.91 Å². The van der Waals surface area contributed by atoms with E-state index in [0.717, 1.165) is 4.90 Å². The zero-order valence-corrected chi connectivity index (χ0v) is 12.5. The molecule has 0 aliphatic heterocycles. The van der Waals surface area contributed by atoms with Gasteiger partial charge in [0.05, 0.1) is 5.56 Å². The van der Waals surface area contributed by atoms with E-state index < -0.39 is 5.97 Å². The van der Waals surface area contributed by atoms with Gasteiger partial charge in [0.15, 0.2) is 6.61 Å². The molecule has 1 aromatic rings. The van der Waals surface area contributed by atoms with Gasteiger partial charge in [-0.25, -0.2) is 4.79 Å². The first-order valence-electron chi connectivity index (χ1n) is 6.70. The molecule has 0 spiro atoms. The van der Waals surface area contributed by atoms with Crippen LogP contribution < -0.4 is 5.32 Å². The molecule has 1 N–H and O–H groups in total. The zero-order valence-electron chi connectivity index (χ0n) is 11.7. The maximum absolute atomic E-state index is 11.8. The van der Waals surface area contributed by atoms with Gasteiger partial charge in [-0.1, -0.05) is 0 Å². The van der Waals surface area contributed by atoms with Crippen molar-refractivity contribution in [3.8, 4) is 0 Å². The van der Waals surface area contributed by atoms with Crippen LogP contribution in [0.15, 0.2) is 29.2 Å². The minimum atomic E-state index is -0.466. The highest BCUT2D eigenvalue weighted by Crippen LogP contribution is 2.32. The number of hydrogen-bond acceptors (Lipinski definition) is 4. The van der Waals surface area contributed by atoms with E-state index in [-0.39, 0.29) is 18.6 Å². The summed E-state index contributed by atoms with van der Waals surface area (Å²) < 4.78 is 5.01. The molecule has 0 radical (unpaired) electrons. The van der Waals surface area contributed by atoms with Crippen molar-refractivity contribution in [2.45, 2.75) is 30.7 Å². The molecule has 0 unspecified atom stereocenters. The van der Waals surface area contributed by atoms with E-state index in [4.69, 9.17) is 4.74 Å². The second-order valence-electron chi connectivity index (χ2n) is 5.00. The maximum Gasteiger partial charge on any atom is 0.338 e. The van der Waals surface area contributed by atoms with Crippen LogP contribution in [0.1, 0.15) is 30.1 Å². The predicted molar refractivity (Wildman–Crippen MR) is 78.8 cm³/mol. The van der Waals surface area contributed by atoms with Crippen LogP contribution in [0.25, 0.3) is 0 Å². The van der Waals surface area contributed by atoms with Gasteiger partial charge >= 0.3 is 5.97 Å². The number of nitrogens with one attached hydrogen (secondary N) is 1. The third kappa shape index (κ3) is 4.27. The summed E-state index contributed by atoms with van der Waals surface area (Å²) in [5.74, 6) is -0.112. The van der Waals surface area contributed by atoms with E-state index in [2.05, 4.69) is 5.32 Å². The molecule has 0 heterocycles. The van der Waals surface area contributed by atoms with Crippen molar-refractivity contribution in [1.82, 2.24) is 5.32 Å². The molecule has 1 amide bonds. The average Bonchev–Trinajstić information content (AvgIpc) is 3.29. The molecule has 0 bridgehead atoms. The van der Waals surface area contributed by atoms with Crippen LogP contribution >= 0.6 is 11.8 Å². The van der Waals surface area contributed by atoms with Crippen LogP contribution in [0.4, 0.5) is 0 Å². The van der Waals surface area contributed by atoms with Gasteiger partial charge in [-0.05, 0) is 56.2 Å². The Bertz CT molecular complexity index is 482. The van der Waals surface area contributed by atoms with Crippen molar-refractivity contribution >= 4 is 23.6 Å². The summed E-state index contributed by atoms with van der Waals surface area (Å²) in [6.45, 7) is 1.76. The number of hydrogen-bond donors (Lipinski definition) is 1. The standard InChI is InChI=1S/C15H19NO3S/c1-10(11-3-4-11)16-14(17)9-19-15(18)12-5-7-13(20-2)8-6-12/h5-8,10-11H,3-4,9H2,1-2H3,(H,16,17)/t10-/m1/s1. The van der Waals surface area contributed by atoms with Crippen LogP contribution in [0.3, 0.4) is 0 Å². The zero-order chi connectivity index (χ0) is 14.5. The molecule has 1 aliphatic rings. The molecule has 1 saturated carbocycles. The topological polar surface area (TPSA) is 55.4 Å². The van der Waals surface area contributed by atoms with Gasteiger partial charge in [0, 0.05) is 10.9 Å². The lowest BCUT2D eigenvalue weighted by atomic mass is 10.2. The lowest BCUT2D eigenvalue weighted by molar-refractivity contribution is -0.124. The first kappa shape index (κ1) is 14.9. The minimum absolute atomic E-state index is 0.169. The molecule has 1 aliphatic carbocycles. The molecular formula is C15H19NO3S. The van der Waals surface area contributed by atoms with Crippen molar-refractivity contribution in [3.63, 3.8) is 0 Å². The fourth-order valence-corrected chi connectivity index (χ4v) is 2.36. The molecule has 0 aromatic heterocycles. The van der Waals surface area contributed by atoms with E-state index in [1.54, 1.807) is 23.9 Å². The number of ether oxygens (including phenoxy) is 1. The van der Waals surface area contributed by atoms with Gasteiger partial charge < -0.3 is 10.1 Å². The van der Waals surface area contributed by atoms with Crippen LogP contribution in [0.5, 0.6) is 0 Å². The number of carbonyl (C=O) groups excluding carboxylic acids is 2. The van der Waals surface area contributed by atoms with Crippen molar-refractivity contribution in [2.24, 2.45) is 5.92 Å². The number of thioether (sulfide) groups is 1. The SMILES string of the molecule is CSc1ccc(C(=O)OCC(=O)N[C@H](C)C2CC2)cc1. The second-order valence-corrected chi connectivity index (χ2v) is 5.88. The van der Waals surface area contributed by atoms with Crippen LogP contribution in [0, 0.1) is 5.92 Å². The highest BCUT2D eigenvalue weighted by Gasteiger charge is 2.28. The summed E-state index contributed by atoms with van der Waals surface area (Å²) in [6, 6.07) is 7.30. The summed E-state index contributed by atoms with van der Waals surface area (Å²) in [4.78, 5) is 24.5. The highest BCUT2D eigenvalue weighted by molar-refractivity contribution is 7.98. The Morgan fingerprint density at radius 3 is 2.55 bits per heavy atom.